The van der Waals surface area contributed by atoms with Gasteiger partial charge in [0.1, 0.15) is 0 Å². The van der Waals surface area contributed by atoms with Crippen LogP contribution < -0.4 is 5.32 Å². The van der Waals surface area contributed by atoms with Gasteiger partial charge in [0.15, 0.2) is 0 Å². The van der Waals surface area contributed by atoms with E-state index in [1.807, 2.05) is 4.90 Å². The first-order valence-corrected chi connectivity index (χ1v) is 7.32. The zero-order chi connectivity index (χ0) is 13.4. The lowest BCUT2D eigenvalue weighted by Crippen LogP contribution is -2.34. The van der Waals surface area contributed by atoms with Crippen LogP contribution in [-0.4, -0.2) is 37.0 Å². The summed E-state index contributed by atoms with van der Waals surface area (Å²) in [4.78, 5) is 14.0. The number of nitrogens with zero attached hydrogens (tertiary/aromatic N) is 1. The van der Waals surface area contributed by atoms with Gasteiger partial charge in [-0.25, -0.2) is 0 Å². The number of likely N-dealkylation sites (N-methyl/N-ethyl adjacent to an activating group) is 1. The Morgan fingerprint density at radius 2 is 2.22 bits per heavy atom. The van der Waals surface area contributed by atoms with Crippen molar-refractivity contribution in [2.45, 2.75) is 46.0 Å². The molecule has 1 aliphatic rings. The molecule has 1 rings (SSSR count). The molecule has 1 atom stereocenters. The van der Waals surface area contributed by atoms with Gasteiger partial charge >= 0.3 is 0 Å². The molecule has 1 heterocycles. The first kappa shape index (κ1) is 15.2. The predicted octanol–water partition coefficient (Wildman–Crippen LogP) is 2.58. The third-order valence-electron chi connectivity index (χ3n) is 3.66. The van der Waals surface area contributed by atoms with E-state index in [0.29, 0.717) is 5.91 Å². The summed E-state index contributed by atoms with van der Waals surface area (Å²) in [5.74, 6) is 1.05. The number of nitrogens with one attached hydrogen (secondary N) is 1. The summed E-state index contributed by atoms with van der Waals surface area (Å²) in [6, 6.07) is 0. The van der Waals surface area contributed by atoms with Crippen LogP contribution in [0.15, 0.2) is 12.2 Å². The van der Waals surface area contributed by atoms with Crippen molar-refractivity contribution in [1.82, 2.24) is 10.2 Å². The number of hydrogen-bond donors (Lipinski definition) is 1. The van der Waals surface area contributed by atoms with E-state index < -0.39 is 0 Å². The maximum absolute atomic E-state index is 12.0. The third kappa shape index (κ3) is 5.21. The molecule has 3 heteroatoms. The Labute approximate surface area is 112 Å². The molecule has 18 heavy (non-hydrogen) atoms. The van der Waals surface area contributed by atoms with Crippen LogP contribution in [-0.2, 0) is 4.79 Å². The minimum absolute atomic E-state index is 0.311. The van der Waals surface area contributed by atoms with Gasteiger partial charge in [0, 0.05) is 26.1 Å². The standard InChI is InChI=1S/C15H28N2O/c1-4-6-14-7-8-15(18)17(10-9-14)12-13(3)11-16-5-2/h14,16H,3-12H2,1-2H3. The molecule has 0 spiro atoms. The highest BCUT2D eigenvalue weighted by atomic mass is 16.2. The van der Waals surface area contributed by atoms with Gasteiger partial charge in [0.25, 0.3) is 0 Å². The summed E-state index contributed by atoms with van der Waals surface area (Å²) in [7, 11) is 0. The SMILES string of the molecule is C=C(CNCC)CN1CCC(CCC)CCC1=O. The van der Waals surface area contributed by atoms with E-state index >= 15 is 0 Å². The van der Waals surface area contributed by atoms with Gasteiger partial charge in [0.05, 0.1) is 0 Å². The normalized spacial score (nSPS) is 20.9. The molecule has 1 fully saturated rings. The molecule has 0 radical (unpaired) electrons. The first-order chi connectivity index (χ1) is 8.67. The van der Waals surface area contributed by atoms with Gasteiger partial charge in [-0.2, -0.15) is 0 Å². The molecule has 3 nitrogen and oxygen atoms in total. The Morgan fingerprint density at radius 3 is 2.89 bits per heavy atom. The van der Waals surface area contributed by atoms with E-state index in [1.165, 1.54) is 12.8 Å². The summed E-state index contributed by atoms with van der Waals surface area (Å²) < 4.78 is 0. The lowest BCUT2D eigenvalue weighted by Gasteiger charge is -2.22. The fourth-order valence-corrected chi connectivity index (χ4v) is 2.58. The number of carbonyl (C=O) groups excluding carboxylic acids is 1. The van der Waals surface area contributed by atoms with Gasteiger partial charge < -0.3 is 10.2 Å². The number of amides is 1. The highest BCUT2D eigenvalue weighted by Gasteiger charge is 2.22. The molecule has 1 amide bonds. The van der Waals surface area contributed by atoms with Crippen LogP contribution in [0, 0.1) is 5.92 Å². The minimum Gasteiger partial charge on any atom is -0.339 e. The van der Waals surface area contributed by atoms with Crippen molar-refractivity contribution in [3.63, 3.8) is 0 Å². The zero-order valence-corrected chi connectivity index (χ0v) is 12.0. The Kier molecular flexibility index (Phi) is 7.02. The third-order valence-corrected chi connectivity index (χ3v) is 3.66. The molecule has 104 valence electrons. The Bertz CT molecular complexity index is 276. The highest BCUT2D eigenvalue weighted by Crippen LogP contribution is 2.22. The average Bonchev–Trinajstić information content (AvgIpc) is 2.52. The van der Waals surface area contributed by atoms with Crippen LogP contribution in [0.3, 0.4) is 0 Å². The number of rotatable bonds is 7. The lowest BCUT2D eigenvalue weighted by molar-refractivity contribution is -0.130. The Hall–Kier alpha value is -0.830. The summed E-state index contributed by atoms with van der Waals surface area (Å²) in [5.41, 5.74) is 1.11. The van der Waals surface area contributed by atoms with E-state index in [1.54, 1.807) is 0 Å². The molecular weight excluding hydrogens is 224 g/mol. The molecular formula is C15H28N2O. The molecule has 1 aliphatic heterocycles. The number of hydrogen-bond acceptors (Lipinski definition) is 2. The van der Waals surface area contributed by atoms with E-state index in [4.69, 9.17) is 0 Å². The first-order valence-electron chi connectivity index (χ1n) is 7.32. The fourth-order valence-electron chi connectivity index (χ4n) is 2.58. The van der Waals surface area contributed by atoms with Crippen LogP contribution in [0.5, 0.6) is 0 Å². The molecule has 0 aromatic rings. The van der Waals surface area contributed by atoms with Crippen molar-refractivity contribution in [1.29, 1.82) is 0 Å². The second-order valence-electron chi connectivity index (χ2n) is 5.33. The summed E-state index contributed by atoms with van der Waals surface area (Å²) in [5, 5.41) is 3.26. The van der Waals surface area contributed by atoms with Crippen molar-refractivity contribution >= 4 is 5.91 Å². The van der Waals surface area contributed by atoms with Crippen molar-refractivity contribution in [3.05, 3.63) is 12.2 Å². The lowest BCUT2D eigenvalue weighted by atomic mass is 9.96. The topological polar surface area (TPSA) is 32.3 Å². The fraction of sp³-hybridized carbons (Fsp3) is 0.800. The summed E-state index contributed by atoms with van der Waals surface area (Å²) in [6.07, 6.45) is 5.45. The minimum atomic E-state index is 0.311. The van der Waals surface area contributed by atoms with Crippen LogP contribution in [0.1, 0.15) is 46.0 Å². The van der Waals surface area contributed by atoms with Gasteiger partial charge in [0.2, 0.25) is 5.91 Å². The van der Waals surface area contributed by atoms with Crippen molar-refractivity contribution in [2.24, 2.45) is 5.92 Å². The van der Waals surface area contributed by atoms with Gasteiger partial charge in [-0.1, -0.05) is 33.3 Å². The molecule has 0 aromatic carbocycles. The monoisotopic (exact) mass is 252 g/mol. The van der Waals surface area contributed by atoms with Gasteiger partial charge in [-0.05, 0) is 30.9 Å². The maximum Gasteiger partial charge on any atom is 0.222 e. The largest absolute Gasteiger partial charge is 0.339 e. The molecule has 0 bridgehead atoms. The maximum atomic E-state index is 12.0. The van der Waals surface area contributed by atoms with Crippen LogP contribution in [0.4, 0.5) is 0 Å². The smallest absolute Gasteiger partial charge is 0.222 e. The molecule has 1 saturated heterocycles. The molecule has 0 aliphatic carbocycles. The number of carbonyl (C=O) groups is 1. The van der Waals surface area contributed by atoms with E-state index in [0.717, 1.165) is 56.9 Å². The van der Waals surface area contributed by atoms with Gasteiger partial charge in [-0.15, -0.1) is 0 Å². The van der Waals surface area contributed by atoms with Crippen molar-refractivity contribution in [2.75, 3.05) is 26.2 Å². The van der Waals surface area contributed by atoms with E-state index in [-0.39, 0.29) is 0 Å². The Balaban J connectivity index is 2.40. The zero-order valence-electron chi connectivity index (χ0n) is 12.0. The van der Waals surface area contributed by atoms with Crippen LogP contribution in [0.2, 0.25) is 0 Å². The van der Waals surface area contributed by atoms with E-state index in [9.17, 15) is 4.79 Å². The van der Waals surface area contributed by atoms with Crippen LogP contribution in [0.25, 0.3) is 0 Å². The van der Waals surface area contributed by atoms with Crippen LogP contribution >= 0.6 is 0 Å². The molecule has 1 unspecified atom stereocenters. The number of likely N-dealkylation sites (tertiary alicyclic amines) is 1. The predicted molar refractivity (Wildman–Crippen MR) is 76.5 cm³/mol. The van der Waals surface area contributed by atoms with E-state index in [2.05, 4.69) is 25.7 Å². The molecule has 0 saturated carbocycles. The molecule has 1 N–H and O–H groups in total. The average molecular weight is 252 g/mol. The van der Waals surface area contributed by atoms with Gasteiger partial charge in [-0.3, -0.25) is 4.79 Å². The quantitative estimate of drug-likeness (QED) is 0.706. The second kappa shape index (κ2) is 8.30. The Morgan fingerprint density at radius 1 is 1.44 bits per heavy atom. The van der Waals surface area contributed by atoms with Crippen molar-refractivity contribution < 1.29 is 4.79 Å². The second-order valence-corrected chi connectivity index (χ2v) is 5.33. The summed E-state index contributed by atoms with van der Waals surface area (Å²) >= 11 is 0. The molecule has 0 aromatic heterocycles. The highest BCUT2D eigenvalue weighted by molar-refractivity contribution is 5.76. The summed E-state index contributed by atoms with van der Waals surface area (Å²) in [6.45, 7) is 11.8. The van der Waals surface area contributed by atoms with Crippen molar-refractivity contribution in [3.8, 4) is 0 Å².